The molecule has 7 heteroatoms. The highest BCUT2D eigenvalue weighted by atomic mass is 32.1. The summed E-state index contributed by atoms with van der Waals surface area (Å²) in [7, 11) is -1.70. The number of thiazole rings is 1. The summed E-state index contributed by atoms with van der Waals surface area (Å²) in [4.78, 5) is 17.2. The van der Waals surface area contributed by atoms with E-state index in [9.17, 15) is 14.8 Å². The summed E-state index contributed by atoms with van der Waals surface area (Å²) in [5.74, 6) is 0.344. The quantitative estimate of drug-likeness (QED) is 0.493. The highest BCUT2D eigenvalue weighted by Gasteiger charge is 2.19. The number of ether oxygens (including phenoxy) is 1. The fraction of sp³-hybridized carbons (Fsp3) is 0.375. The zero-order chi connectivity index (χ0) is 16.2. The molecule has 23 heavy (non-hydrogen) atoms. The Morgan fingerprint density at radius 3 is 2.87 bits per heavy atom. The molecule has 2 N–H and O–H groups in total. The van der Waals surface area contributed by atoms with Crippen LogP contribution in [0, 0.1) is 0 Å². The highest BCUT2D eigenvalue weighted by molar-refractivity contribution is 7.11. The summed E-state index contributed by atoms with van der Waals surface area (Å²) in [5.41, 5.74) is 1.49. The maximum Gasteiger partial charge on any atom is 0.489 e. The number of nitrogens with zero attached hydrogens (tertiary/aromatic N) is 1. The van der Waals surface area contributed by atoms with Crippen molar-refractivity contribution in [1.29, 1.82) is 0 Å². The van der Waals surface area contributed by atoms with E-state index in [0.29, 0.717) is 12.0 Å². The second-order valence-corrected chi connectivity index (χ2v) is 6.75. The van der Waals surface area contributed by atoms with E-state index < -0.39 is 7.12 Å². The Kier molecular flexibility index (Phi) is 5.10. The first-order valence-corrected chi connectivity index (χ1v) is 8.55. The van der Waals surface area contributed by atoms with Gasteiger partial charge in [0.25, 0.3) is 0 Å². The van der Waals surface area contributed by atoms with E-state index >= 15 is 0 Å². The van der Waals surface area contributed by atoms with Crippen molar-refractivity contribution in [2.45, 2.75) is 38.7 Å². The van der Waals surface area contributed by atoms with Crippen LogP contribution in [0.15, 0.2) is 18.2 Å². The smallest absolute Gasteiger partial charge is 0.486 e. The monoisotopic (exact) mass is 331 g/mol. The third kappa shape index (κ3) is 3.63. The molecule has 5 nitrogen and oxygen atoms in total. The molecular formula is C16H18BNO4S. The number of rotatable bonds is 5. The average Bonchev–Trinajstić information content (AvgIpc) is 2.81. The molecule has 0 aliphatic heterocycles. The summed E-state index contributed by atoms with van der Waals surface area (Å²) in [6.07, 6.45) is 6.34. The number of hydrogen-bond acceptors (Lipinski definition) is 6. The van der Waals surface area contributed by atoms with Gasteiger partial charge in [0.15, 0.2) is 6.29 Å². The summed E-state index contributed by atoms with van der Waals surface area (Å²) in [5, 5.41) is 19.5. The normalized spacial score (nSPS) is 14.0. The third-order valence-electron chi connectivity index (χ3n) is 3.99. The van der Waals surface area contributed by atoms with Crippen molar-refractivity contribution in [3.05, 3.63) is 39.3 Å². The van der Waals surface area contributed by atoms with Gasteiger partial charge in [-0.1, -0.05) is 18.6 Å². The average molecular weight is 331 g/mol. The maximum atomic E-state index is 11.2. The number of aldehydes is 1. The minimum Gasteiger partial charge on any atom is -0.486 e. The Morgan fingerprint density at radius 1 is 1.26 bits per heavy atom. The van der Waals surface area contributed by atoms with E-state index in [0.717, 1.165) is 17.8 Å². The van der Waals surface area contributed by atoms with Gasteiger partial charge in [-0.2, -0.15) is 0 Å². The largest absolute Gasteiger partial charge is 0.489 e. The predicted octanol–water partition coefficient (Wildman–Crippen LogP) is 1.48. The van der Waals surface area contributed by atoms with Crippen LogP contribution in [0.1, 0.15) is 45.2 Å². The van der Waals surface area contributed by atoms with Gasteiger partial charge in [-0.15, -0.1) is 11.3 Å². The number of aryl methyl sites for hydroxylation is 2. The van der Waals surface area contributed by atoms with E-state index in [-0.39, 0.29) is 17.6 Å². The number of carbonyl (C=O) groups excluding carboxylic acids is 1. The SMILES string of the molecule is O=Cc1c(OCc2nc3c(s2)CCCCC3)cccc1B(O)O. The van der Waals surface area contributed by atoms with Gasteiger partial charge in [0.1, 0.15) is 17.4 Å². The van der Waals surface area contributed by atoms with Gasteiger partial charge >= 0.3 is 7.12 Å². The molecule has 120 valence electrons. The Bertz CT molecular complexity index is 678. The first-order valence-electron chi connectivity index (χ1n) is 7.73. The van der Waals surface area contributed by atoms with Gasteiger partial charge < -0.3 is 14.8 Å². The van der Waals surface area contributed by atoms with E-state index in [1.807, 2.05) is 0 Å². The van der Waals surface area contributed by atoms with E-state index in [1.54, 1.807) is 23.5 Å². The van der Waals surface area contributed by atoms with Crippen LogP contribution in [-0.2, 0) is 19.4 Å². The number of hydrogen-bond donors (Lipinski definition) is 2. The molecular weight excluding hydrogens is 313 g/mol. The fourth-order valence-electron chi connectivity index (χ4n) is 2.82. The van der Waals surface area contributed by atoms with Gasteiger partial charge in [-0.05, 0) is 37.2 Å². The van der Waals surface area contributed by atoms with Crippen LogP contribution in [-0.4, -0.2) is 28.4 Å². The maximum absolute atomic E-state index is 11.2. The van der Waals surface area contributed by atoms with Crippen molar-refractivity contribution in [3.8, 4) is 5.75 Å². The predicted molar refractivity (Wildman–Crippen MR) is 89.4 cm³/mol. The number of aromatic nitrogens is 1. The van der Waals surface area contributed by atoms with Gasteiger partial charge in [0, 0.05) is 4.88 Å². The fourth-order valence-corrected chi connectivity index (χ4v) is 3.89. The van der Waals surface area contributed by atoms with Gasteiger partial charge in [0.05, 0.1) is 11.3 Å². The van der Waals surface area contributed by atoms with E-state index in [1.165, 1.54) is 35.9 Å². The lowest BCUT2D eigenvalue weighted by Gasteiger charge is -2.10. The Hall–Kier alpha value is -1.70. The first-order chi connectivity index (χ1) is 11.2. The van der Waals surface area contributed by atoms with Gasteiger partial charge in [-0.25, -0.2) is 4.98 Å². The molecule has 0 fully saturated rings. The van der Waals surface area contributed by atoms with Crippen molar-refractivity contribution >= 4 is 30.2 Å². The molecule has 2 aromatic rings. The number of fused-ring (bicyclic) bond motifs is 1. The molecule has 0 saturated carbocycles. The molecule has 3 rings (SSSR count). The lowest BCUT2D eigenvalue weighted by atomic mass is 9.77. The third-order valence-corrected chi connectivity index (χ3v) is 5.12. The Labute approximate surface area is 139 Å². The van der Waals surface area contributed by atoms with Gasteiger partial charge in [-0.3, -0.25) is 4.79 Å². The lowest BCUT2D eigenvalue weighted by Crippen LogP contribution is -2.33. The van der Waals surface area contributed by atoms with Crippen LogP contribution >= 0.6 is 11.3 Å². The molecule has 0 amide bonds. The Balaban J connectivity index is 1.76. The minimum atomic E-state index is -1.70. The molecule has 1 aliphatic carbocycles. The van der Waals surface area contributed by atoms with Crippen molar-refractivity contribution in [2.24, 2.45) is 0 Å². The first kappa shape index (κ1) is 16.2. The molecule has 0 bridgehead atoms. The minimum absolute atomic E-state index is 0.146. The van der Waals surface area contributed by atoms with Crippen LogP contribution in [0.4, 0.5) is 0 Å². The standard InChI is InChI=1S/C16H18BNO4S/c19-9-11-12(17(20)21)5-4-7-14(11)22-10-16-18-13-6-2-1-3-8-15(13)23-16/h4-5,7,9,20-21H,1-3,6,8,10H2. The van der Waals surface area contributed by atoms with Crippen molar-refractivity contribution < 1.29 is 19.6 Å². The van der Waals surface area contributed by atoms with Gasteiger partial charge in [0.2, 0.25) is 0 Å². The summed E-state index contributed by atoms with van der Waals surface area (Å²) in [6, 6.07) is 4.77. The molecule has 0 radical (unpaired) electrons. The van der Waals surface area contributed by atoms with Crippen molar-refractivity contribution in [2.75, 3.05) is 0 Å². The van der Waals surface area contributed by atoms with E-state index in [4.69, 9.17) is 4.74 Å². The zero-order valence-corrected chi connectivity index (χ0v) is 13.5. The topological polar surface area (TPSA) is 79.7 Å². The highest BCUT2D eigenvalue weighted by Crippen LogP contribution is 2.27. The molecule has 1 heterocycles. The van der Waals surface area contributed by atoms with Crippen molar-refractivity contribution in [3.63, 3.8) is 0 Å². The van der Waals surface area contributed by atoms with Crippen LogP contribution in [0.5, 0.6) is 5.75 Å². The molecule has 0 atom stereocenters. The van der Waals surface area contributed by atoms with Crippen LogP contribution in [0.25, 0.3) is 0 Å². The second kappa shape index (κ2) is 7.25. The molecule has 0 saturated heterocycles. The molecule has 1 aliphatic rings. The van der Waals surface area contributed by atoms with E-state index in [2.05, 4.69) is 4.98 Å². The zero-order valence-electron chi connectivity index (χ0n) is 12.7. The summed E-state index contributed by atoms with van der Waals surface area (Å²) in [6.45, 7) is 0.281. The number of carbonyl (C=O) groups is 1. The number of benzene rings is 1. The second-order valence-electron chi connectivity index (χ2n) is 5.58. The lowest BCUT2D eigenvalue weighted by molar-refractivity contribution is 0.111. The molecule has 1 aromatic heterocycles. The summed E-state index contributed by atoms with van der Waals surface area (Å²) >= 11 is 1.67. The molecule has 0 unspecified atom stereocenters. The van der Waals surface area contributed by atoms with Crippen LogP contribution in [0.3, 0.4) is 0 Å². The molecule has 1 aromatic carbocycles. The molecule has 0 spiro atoms. The summed E-state index contributed by atoms with van der Waals surface area (Å²) < 4.78 is 5.71. The van der Waals surface area contributed by atoms with Crippen molar-refractivity contribution in [1.82, 2.24) is 4.98 Å². The Morgan fingerprint density at radius 2 is 2.09 bits per heavy atom. The van der Waals surface area contributed by atoms with Crippen LogP contribution in [0.2, 0.25) is 0 Å². The van der Waals surface area contributed by atoms with Crippen LogP contribution < -0.4 is 10.2 Å².